The van der Waals surface area contributed by atoms with Gasteiger partial charge in [-0.15, -0.1) is 0 Å². The van der Waals surface area contributed by atoms with Gasteiger partial charge in [-0.3, -0.25) is 4.79 Å². The maximum Gasteiger partial charge on any atom is 0.238 e. The third-order valence-corrected chi connectivity index (χ3v) is 4.20. The largest absolute Gasteiger partial charge is 0.496 e. The number of hydrogen-bond donors (Lipinski definition) is 2. The Morgan fingerprint density at radius 2 is 2.22 bits per heavy atom. The zero-order valence-electron chi connectivity index (χ0n) is 12.8. The van der Waals surface area contributed by atoms with Crippen LogP contribution in [-0.2, 0) is 4.79 Å². The highest BCUT2D eigenvalue weighted by Crippen LogP contribution is 2.27. The fourth-order valence-corrected chi connectivity index (χ4v) is 2.71. The molecule has 0 aliphatic heterocycles. The van der Waals surface area contributed by atoms with E-state index in [9.17, 15) is 4.79 Å². The first-order chi connectivity index (χ1) is 11.0. The number of ether oxygens (including phenoxy) is 1. The van der Waals surface area contributed by atoms with Crippen molar-refractivity contribution < 1.29 is 9.53 Å². The van der Waals surface area contributed by atoms with Crippen LogP contribution in [0, 0.1) is 0 Å². The average Bonchev–Trinajstić information content (AvgIpc) is 2.54. The van der Waals surface area contributed by atoms with Crippen molar-refractivity contribution in [2.45, 2.75) is 13.0 Å². The zero-order valence-corrected chi connectivity index (χ0v) is 15.1. The van der Waals surface area contributed by atoms with Crippen LogP contribution in [0.4, 0.5) is 5.69 Å². The van der Waals surface area contributed by atoms with Crippen molar-refractivity contribution in [1.29, 1.82) is 0 Å². The Bertz CT molecular complexity index is 697. The third-order valence-electron chi connectivity index (χ3n) is 3.28. The molecule has 23 heavy (non-hydrogen) atoms. The number of hydrogen-bond acceptors (Lipinski definition) is 4. The first kappa shape index (κ1) is 17.7. The van der Waals surface area contributed by atoms with E-state index in [1.807, 2.05) is 25.1 Å². The predicted octanol–water partition coefficient (Wildman–Crippen LogP) is 3.80. The van der Waals surface area contributed by atoms with E-state index >= 15 is 0 Å². The number of pyridine rings is 1. The van der Waals surface area contributed by atoms with Crippen molar-refractivity contribution >= 4 is 39.1 Å². The van der Waals surface area contributed by atoms with E-state index in [1.54, 1.807) is 25.4 Å². The monoisotopic (exact) mass is 397 g/mol. The number of aromatic nitrogens is 1. The Hall–Kier alpha value is -1.63. The maximum atomic E-state index is 12.0. The normalized spacial score (nSPS) is 11.8. The second-order valence-electron chi connectivity index (χ2n) is 4.89. The molecule has 1 aromatic heterocycles. The average molecular weight is 399 g/mol. The van der Waals surface area contributed by atoms with Crippen molar-refractivity contribution in [1.82, 2.24) is 10.3 Å². The van der Waals surface area contributed by atoms with E-state index < -0.39 is 0 Å². The lowest BCUT2D eigenvalue weighted by atomic mass is 10.1. The molecule has 1 amide bonds. The molecule has 2 aromatic rings. The molecule has 0 fully saturated rings. The van der Waals surface area contributed by atoms with Crippen LogP contribution in [0.5, 0.6) is 5.75 Å². The van der Waals surface area contributed by atoms with Crippen LogP contribution >= 0.6 is 27.5 Å². The molecule has 0 aliphatic carbocycles. The van der Waals surface area contributed by atoms with Crippen molar-refractivity contribution in [2.24, 2.45) is 0 Å². The van der Waals surface area contributed by atoms with Crippen molar-refractivity contribution in [3.05, 3.63) is 51.7 Å². The molecule has 5 nitrogen and oxygen atoms in total. The Balaban J connectivity index is 1.91. The molecule has 0 saturated carbocycles. The molecular formula is C16H17BrClN3O2. The van der Waals surface area contributed by atoms with Crippen LogP contribution in [0.15, 0.2) is 41.0 Å². The van der Waals surface area contributed by atoms with E-state index in [1.165, 1.54) is 0 Å². The van der Waals surface area contributed by atoms with Gasteiger partial charge in [0.25, 0.3) is 0 Å². The van der Waals surface area contributed by atoms with Gasteiger partial charge in [-0.2, -0.15) is 0 Å². The van der Waals surface area contributed by atoms with E-state index in [0.29, 0.717) is 5.69 Å². The molecule has 1 heterocycles. The Kier molecular flexibility index (Phi) is 6.38. The Morgan fingerprint density at radius 1 is 1.43 bits per heavy atom. The standard InChI is InChI=1S/C16H17BrClN3O2/c1-10(11-5-6-14(23-2)12(17)8-11)20-9-15(22)21-13-4-3-7-19-16(13)18/h3-8,10,20H,9H2,1-2H3,(H,21,22)/t10-/m0/s1. The van der Waals surface area contributed by atoms with Crippen LogP contribution in [0.25, 0.3) is 0 Å². The maximum absolute atomic E-state index is 12.0. The van der Waals surface area contributed by atoms with Gasteiger partial charge >= 0.3 is 0 Å². The Labute approximate surface area is 148 Å². The molecule has 0 spiro atoms. The van der Waals surface area contributed by atoms with E-state index in [4.69, 9.17) is 16.3 Å². The molecule has 0 aliphatic rings. The molecule has 1 aromatic carbocycles. The second kappa shape index (κ2) is 8.29. The summed E-state index contributed by atoms with van der Waals surface area (Å²) in [4.78, 5) is 15.9. The molecular weight excluding hydrogens is 382 g/mol. The molecule has 2 N–H and O–H groups in total. The summed E-state index contributed by atoms with van der Waals surface area (Å²) in [6, 6.07) is 9.23. The number of nitrogens with one attached hydrogen (secondary N) is 2. The van der Waals surface area contributed by atoms with Crippen molar-refractivity contribution in [3.8, 4) is 5.75 Å². The molecule has 1 atom stereocenters. The quantitative estimate of drug-likeness (QED) is 0.727. The van der Waals surface area contributed by atoms with Crippen LogP contribution in [0.3, 0.4) is 0 Å². The fourth-order valence-electron chi connectivity index (χ4n) is 1.99. The van der Waals surface area contributed by atoms with Gasteiger partial charge in [-0.1, -0.05) is 17.7 Å². The molecule has 0 bridgehead atoms. The van der Waals surface area contributed by atoms with Crippen LogP contribution in [-0.4, -0.2) is 24.5 Å². The minimum atomic E-state index is -0.181. The van der Waals surface area contributed by atoms with Gasteiger partial charge < -0.3 is 15.4 Å². The smallest absolute Gasteiger partial charge is 0.238 e. The number of amides is 1. The van der Waals surface area contributed by atoms with Gasteiger partial charge in [0, 0.05) is 12.2 Å². The zero-order chi connectivity index (χ0) is 16.8. The van der Waals surface area contributed by atoms with Gasteiger partial charge in [0.05, 0.1) is 23.8 Å². The van der Waals surface area contributed by atoms with Gasteiger partial charge in [-0.25, -0.2) is 4.98 Å². The molecule has 2 rings (SSSR count). The summed E-state index contributed by atoms with van der Waals surface area (Å²) in [6.45, 7) is 2.15. The van der Waals surface area contributed by atoms with Crippen molar-refractivity contribution in [2.75, 3.05) is 19.0 Å². The molecule has 0 saturated heterocycles. The highest BCUT2D eigenvalue weighted by atomic mass is 79.9. The lowest BCUT2D eigenvalue weighted by Gasteiger charge is -2.15. The van der Waals surface area contributed by atoms with Crippen LogP contribution in [0.2, 0.25) is 5.15 Å². The van der Waals surface area contributed by atoms with E-state index in [0.717, 1.165) is 15.8 Å². The number of methoxy groups -OCH3 is 1. The first-order valence-electron chi connectivity index (χ1n) is 6.98. The van der Waals surface area contributed by atoms with Gasteiger partial charge in [0.2, 0.25) is 5.91 Å². The topological polar surface area (TPSA) is 63.2 Å². The Morgan fingerprint density at radius 3 is 2.87 bits per heavy atom. The van der Waals surface area contributed by atoms with E-state index in [-0.39, 0.29) is 23.6 Å². The minimum absolute atomic E-state index is 0.00678. The number of carbonyl (C=O) groups is 1. The summed E-state index contributed by atoms with van der Waals surface area (Å²) < 4.78 is 6.08. The number of anilines is 1. The summed E-state index contributed by atoms with van der Waals surface area (Å²) in [7, 11) is 1.62. The predicted molar refractivity (Wildman–Crippen MR) is 95.0 cm³/mol. The highest BCUT2D eigenvalue weighted by molar-refractivity contribution is 9.10. The lowest BCUT2D eigenvalue weighted by molar-refractivity contribution is -0.115. The first-order valence-corrected chi connectivity index (χ1v) is 8.15. The van der Waals surface area contributed by atoms with E-state index in [2.05, 4.69) is 31.5 Å². The number of rotatable bonds is 6. The summed E-state index contributed by atoms with van der Waals surface area (Å²) in [5.41, 5.74) is 1.55. The number of benzene rings is 1. The molecule has 0 radical (unpaired) electrons. The van der Waals surface area contributed by atoms with Crippen molar-refractivity contribution in [3.63, 3.8) is 0 Å². The summed E-state index contributed by atoms with van der Waals surface area (Å²) >= 11 is 9.36. The van der Waals surface area contributed by atoms with Crippen LogP contribution < -0.4 is 15.4 Å². The number of carbonyl (C=O) groups excluding carboxylic acids is 1. The fraction of sp³-hybridized carbons (Fsp3) is 0.250. The highest BCUT2D eigenvalue weighted by Gasteiger charge is 2.11. The SMILES string of the molecule is COc1ccc([C@H](C)NCC(=O)Nc2cccnc2Cl)cc1Br. The summed E-state index contributed by atoms with van der Waals surface area (Å²) in [6.07, 6.45) is 1.57. The van der Waals surface area contributed by atoms with Gasteiger partial charge in [0.15, 0.2) is 5.15 Å². The molecule has 122 valence electrons. The van der Waals surface area contributed by atoms with Gasteiger partial charge in [0.1, 0.15) is 5.75 Å². The third kappa shape index (κ3) is 4.92. The van der Waals surface area contributed by atoms with Gasteiger partial charge in [-0.05, 0) is 52.7 Å². The minimum Gasteiger partial charge on any atom is -0.496 e. The summed E-state index contributed by atoms with van der Waals surface area (Å²) in [5, 5.41) is 6.16. The van der Waals surface area contributed by atoms with Crippen LogP contribution in [0.1, 0.15) is 18.5 Å². The number of nitrogens with zero attached hydrogens (tertiary/aromatic N) is 1. The lowest BCUT2D eigenvalue weighted by Crippen LogP contribution is -2.30. The summed E-state index contributed by atoms with van der Waals surface area (Å²) in [5.74, 6) is 0.587. The molecule has 0 unspecified atom stereocenters. The molecule has 7 heteroatoms. The second-order valence-corrected chi connectivity index (χ2v) is 6.10. The number of halogens is 2.